The van der Waals surface area contributed by atoms with E-state index in [1.54, 1.807) is 36.7 Å². The molecule has 2 rings (SSSR count). The lowest BCUT2D eigenvalue weighted by Crippen LogP contribution is -2.41. The van der Waals surface area contributed by atoms with E-state index in [0.29, 0.717) is 27.9 Å². The first-order valence-electron chi connectivity index (χ1n) is 13.5. The highest BCUT2D eigenvalue weighted by molar-refractivity contribution is 14.1. The number of hydrogen-bond acceptors (Lipinski definition) is 7. The Balaban J connectivity index is 0. The van der Waals surface area contributed by atoms with E-state index in [9.17, 15) is 19.2 Å². The molecule has 12 heteroatoms. The van der Waals surface area contributed by atoms with Gasteiger partial charge in [0.2, 0.25) is 0 Å². The monoisotopic (exact) mass is 738 g/mol. The van der Waals surface area contributed by atoms with Crippen molar-refractivity contribution in [1.29, 1.82) is 0 Å². The second-order valence-electron chi connectivity index (χ2n) is 8.75. The van der Waals surface area contributed by atoms with E-state index in [-0.39, 0.29) is 30.9 Å². The van der Waals surface area contributed by atoms with Gasteiger partial charge in [0, 0.05) is 24.8 Å². The third kappa shape index (κ3) is 19.0. The molecule has 0 aliphatic heterocycles. The highest BCUT2D eigenvalue weighted by Gasteiger charge is 2.22. The van der Waals surface area contributed by atoms with Crippen molar-refractivity contribution in [2.24, 2.45) is 0 Å². The second-order valence-corrected chi connectivity index (χ2v) is 11.0. The first-order valence-corrected chi connectivity index (χ1v) is 16.1. The first-order chi connectivity index (χ1) is 19.8. The summed E-state index contributed by atoms with van der Waals surface area (Å²) in [6.07, 6.45) is 13.3. The molecule has 0 aromatic carbocycles. The summed E-state index contributed by atoms with van der Waals surface area (Å²) in [5.41, 5.74) is 0.886. The fourth-order valence-electron chi connectivity index (χ4n) is 3.47. The molecule has 236 valence electrons. The van der Waals surface area contributed by atoms with Gasteiger partial charge in [-0.25, -0.2) is 4.79 Å². The molecule has 42 heavy (non-hydrogen) atoms. The Hall–Kier alpha value is -2.31. The molecule has 2 atom stereocenters. The number of alkyl halides is 3. The molecule has 0 saturated heterocycles. The van der Waals surface area contributed by atoms with Crippen molar-refractivity contribution in [2.45, 2.75) is 84.7 Å². The number of amides is 2. The number of ketones is 1. The predicted molar refractivity (Wildman–Crippen MR) is 178 cm³/mol. The highest BCUT2D eigenvalue weighted by atomic mass is 127. The number of ether oxygens (including phenoxy) is 1. The van der Waals surface area contributed by atoms with Crippen LogP contribution in [-0.4, -0.2) is 62.5 Å². The van der Waals surface area contributed by atoms with E-state index in [4.69, 9.17) is 27.9 Å². The molecule has 0 radical (unpaired) electrons. The minimum absolute atomic E-state index is 0. The maximum atomic E-state index is 12.0. The van der Waals surface area contributed by atoms with Gasteiger partial charge in [-0.3, -0.25) is 24.4 Å². The van der Waals surface area contributed by atoms with Crippen LogP contribution in [0.3, 0.4) is 0 Å². The lowest BCUT2D eigenvalue weighted by molar-refractivity contribution is -0.143. The number of Topliss-reactive ketones (excluding diaryl/α,β-unsaturated/α-hetero) is 1. The Morgan fingerprint density at radius 3 is 1.62 bits per heavy atom. The molecule has 0 spiro atoms. The Morgan fingerprint density at radius 2 is 1.26 bits per heavy atom. The van der Waals surface area contributed by atoms with Gasteiger partial charge in [-0.05, 0) is 37.1 Å². The van der Waals surface area contributed by atoms with Crippen LogP contribution >= 0.6 is 45.8 Å². The number of aromatic nitrogens is 2. The third-order valence-electron chi connectivity index (χ3n) is 5.66. The summed E-state index contributed by atoms with van der Waals surface area (Å²) in [7, 11) is 1.32. The van der Waals surface area contributed by atoms with E-state index in [1.807, 2.05) is 0 Å². The number of halogens is 3. The molecule has 0 aliphatic carbocycles. The molecular formula is C30H45Cl2IN4O5. The van der Waals surface area contributed by atoms with Crippen LogP contribution in [0.2, 0.25) is 0 Å². The minimum Gasteiger partial charge on any atom is -0.467 e. The Bertz CT molecular complexity index is 924. The van der Waals surface area contributed by atoms with Crippen LogP contribution in [0.25, 0.3) is 0 Å². The number of pyridine rings is 2. The molecule has 0 bridgehead atoms. The predicted octanol–water partition coefficient (Wildman–Crippen LogP) is 6.76. The fraction of sp³-hybridized carbons (Fsp3) is 0.533. The number of hydrogen-bond donors (Lipinski definition) is 2. The van der Waals surface area contributed by atoms with Gasteiger partial charge in [-0.15, -0.1) is 23.2 Å². The SMILES string of the molecule is C.CCCCC[C@H](NC(=O)c1cccnc1)C(=O)CCl.CCCCC[C@H](NC(=O)c1cccnc1)C(=O)OC.ClCI. The fourth-order valence-corrected chi connectivity index (χ4v) is 3.66. The number of nitrogens with zero attached hydrogens (tertiary/aromatic N) is 2. The number of carbonyl (C=O) groups is 4. The van der Waals surface area contributed by atoms with Crippen molar-refractivity contribution in [1.82, 2.24) is 20.6 Å². The summed E-state index contributed by atoms with van der Waals surface area (Å²) < 4.78 is 5.40. The lowest BCUT2D eigenvalue weighted by atomic mass is 10.0. The third-order valence-corrected chi connectivity index (χ3v) is 5.92. The molecule has 2 heterocycles. The smallest absolute Gasteiger partial charge is 0.328 e. The molecule has 2 aromatic rings. The van der Waals surface area contributed by atoms with Crippen LogP contribution < -0.4 is 10.6 Å². The topological polar surface area (TPSA) is 127 Å². The van der Waals surface area contributed by atoms with E-state index < -0.39 is 18.1 Å². The molecular weight excluding hydrogens is 694 g/mol. The first kappa shape index (κ1) is 41.8. The molecule has 2 N–H and O–H groups in total. The summed E-state index contributed by atoms with van der Waals surface area (Å²) in [6, 6.07) is 5.59. The molecule has 0 saturated carbocycles. The number of carbonyl (C=O) groups excluding carboxylic acids is 4. The van der Waals surface area contributed by atoms with Gasteiger partial charge >= 0.3 is 5.97 Å². The van der Waals surface area contributed by atoms with Gasteiger partial charge in [0.25, 0.3) is 11.8 Å². The zero-order valence-electron chi connectivity index (χ0n) is 23.9. The van der Waals surface area contributed by atoms with Gasteiger partial charge in [0.15, 0.2) is 5.78 Å². The zero-order valence-corrected chi connectivity index (χ0v) is 27.6. The van der Waals surface area contributed by atoms with Crippen molar-refractivity contribution in [3.05, 3.63) is 60.2 Å². The van der Waals surface area contributed by atoms with Crippen LogP contribution in [0.4, 0.5) is 0 Å². The van der Waals surface area contributed by atoms with Crippen molar-refractivity contribution in [2.75, 3.05) is 16.9 Å². The molecule has 0 aliphatic rings. The number of unbranched alkanes of at least 4 members (excludes halogenated alkanes) is 4. The molecule has 0 unspecified atom stereocenters. The number of esters is 1. The lowest BCUT2D eigenvalue weighted by Gasteiger charge is -2.16. The molecule has 9 nitrogen and oxygen atoms in total. The van der Waals surface area contributed by atoms with Crippen molar-refractivity contribution >= 4 is 69.4 Å². The number of rotatable bonds is 15. The highest BCUT2D eigenvalue weighted by Crippen LogP contribution is 2.08. The summed E-state index contributed by atoms with van der Waals surface area (Å²) in [4.78, 5) is 55.0. The van der Waals surface area contributed by atoms with E-state index >= 15 is 0 Å². The van der Waals surface area contributed by atoms with Crippen LogP contribution in [0.15, 0.2) is 49.1 Å². The van der Waals surface area contributed by atoms with Crippen molar-refractivity contribution in [3.8, 4) is 0 Å². The van der Waals surface area contributed by atoms with Crippen LogP contribution in [0, 0.1) is 0 Å². The van der Waals surface area contributed by atoms with Gasteiger partial charge in [0.1, 0.15) is 6.04 Å². The standard InChI is InChI=1S/C14H19ClN2O2.C14H20N2O3.CH2ClI.CH4/c1-2-3-4-7-12(13(18)9-15)17-14(19)11-6-5-8-16-10-11;1-3-4-5-8-12(14(18)19-2)16-13(17)11-7-6-9-15-10-11;2-1-3;/h5-6,8,10,12H,2-4,7,9H2,1H3,(H,17,19);6-7,9-10,12H,3-5,8H2,1-2H3,(H,16,17);1H2;1H4/t2*12-;;/m00../s1. The summed E-state index contributed by atoms with van der Waals surface area (Å²) in [6.45, 7) is 4.17. The minimum atomic E-state index is -0.593. The van der Waals surface area contributed by atoms with Crippen LogP contribution in [0.1, 0.15) is 93.4 Å². The maximum Gasteiger partial charge on any atom is 0.328 e. The second kappa shape index (κ2) is 27.5. The average molecular weight is 740 g/mol. The van der Waals surface area contributed by atoms with E-state index in [1.165, 1.54) is 19.5 Å². The van der Waals surface area contributed by atoms with E-state index in [0.717, 1.165) is 38.5 Å². The Kier molecular flexibility index (Phi) is 27.4. The average Bonchev–Trinajstić information content (AvgIpc) is 3.00. The van der Waals surface area contributed by atoms with Gasteiger partial charge in [-0.2, -0.15) is 0 Å². The van der Waals surface area contributed by atoms with E-state index in [2.05, 4.69) is 57.0 Å². The van der Waals surface area contributed by atoms with Gasteiger partial charge < -0.3 is 15.4 Å². The summed E-state index contributed by atoms with van der Waals surface area (Å²) in [5, 5.41) is 5.42. The number of nitrogens with one attached hydrogen (secondary N) is 2. The molecule has 0 fully saturated rings. The largest absolute Gasteiger partial charge is 0.467 e. The molecule has 2 aromatic heterocycles. The number of methoxy groups -OCH3 is 1. The Labute approximate surface area is 274 Å². The van der Waals surface area contributed by atoms with Crippen molar-refractivity contribution < 1.29 is 23.9 Å². The summed E-state index contributed by atoms with van der Waals surface area (Å²) in [5.74, 6) is -1.22. The normalized spacial score (nSPS) is 11.1. The zero-order chi connectivity index (χ0) is 30.9. The van der Waals surface area contributed by atoms with Crippen LogP contribution in [0.5, 0.6) is 0 Å². The van der Waals surface area contributed by atoms with Crippen molar-refractivity contribution in [3.63, 3.8) is 0 Å². The van der Waals surface area contributed by atoms with Crippen LogP contribution in [-0.2, 0) is 14.3 Å². The van der Waals surface area contributed by atoms with Gasteiger partial charge in [-0.1, -0.05) is 82.4 Å². The van der Waals surface area contributed by atoms with Gasteiger partial charge in [0.05, 0.1) is 34.0 Å². The molecule has 2 amide bonds. The quantitative estimate of drug-likeness (QED) is 0.0896. The Morgan fingerprint density at radius 1 is 0.833 bits per heavy atom. The summed E-state index contributed by atoms with van der Waals surface area (Å²) >= 11 is 12.6. The maximum absolute atomic E-state index is 12.0.